The lowest BCUT2D eigenvalue weighted by Crippen LogP contribution is -2.43. The van der Waals surface area contributed by atoms with Gasteiger partial charge >= 0.3 is 6.01 Å². The van der Waals surface area contributed by atoms with Crippen LogP contribution in [-0.2, 0) is 4.74 Å². The summed E-state index contributed by atoms with van der Waals surface area (Å²) in [5.74, 6) is 2.69. The molecule has 68 heavy (non-hydrogen) atoms. The third kappa shape index (κ3) is 8.18. The highest BCUT2D eigenvalue weighted by molar-refractivity contribution is 6.90. The molecule has 8 nitrogen and oxygen atoms in total. The molecule has 6 aromatic rings. The quantitative estimate of drug-likeness (QED) is 0.0727. The zero-order valence-corrected chi connectivity index (χ0v) is 41.0. The van der Waals surface area contributed by atoms with Gasteiger partial charge in [-0.05, 0) is 66.0 Å². The molecule has 1 aliphatic carbocycles. The Labute approximate surface area is 402 Å². The highest BCUT2D eigenvalue weighted by Gasteiger charge is 2.57. The minimum absolute atomic E-state index is 0.0219. The van der Waals surface area contributed by atoms with Crippen LogP contribution in [0.2, 0.25) is 16.6 Å². The highest BCUT2D eigenvalue weighted by atomic mass is 28.3. The van der Waals surface area contributed by atoms with Gasteiger partial charge in [-0.2, -0.15) is 9.97 Å². The zero-order valence-electron chi connectivity index (χ0n) is 42.0. The fourth-order valence-electron chi connectivity index (χ4n) is 11.7. The first-order chi connectivity index (χ1) is 33.5. The molecular weight excluding hydrogens is 874 g/mol. The number of anilines is 1. The summed E-state index contributed by atoms with van der Waals surface area (Å²) < 4.78 is 79.7. The van der Waals surface area contributed by atoms with E-state index in [1.807, 2.05) is 90.7 Å². The second kappa shape index (κ2) is 18.4. The minimum Gasteiger partial charge on any atom is -0.461 e. The fourth-order valence-corrected chi connectivity index (χ4v) is 17.0. The number of fused-ring (bicyclic) bond motifs is 4. The second-order valence-electron chi connectivity index (χ2n) is 20.2. The van der Waals surface area contributed by atoms with Crippen LogP contribution in [-0.4, -0.2) is 97.0 Å². The number of aromatic nitrogens is 3. The molecule has 0 spiro atoms. The van der Waals surface area contributed by atoms with Gasteiger partial charge in [-0.3, -0.25) is 9.88 Å². The second-order valence-corrected chi connectivity index (χ2v) is 25.7. The van der Waals surface area contributed by atoms with E-state index in [1.54, 1.807) is 4.90 Å². The Hall–Kier alpha value is -5.61. The molecule has 0 unspecified atom stereocenters. The fraction of sp³-hybridized carbons (Fsp3) is 0.429. The van der Waals surface area contributed by atoms with Crippen LogP contribution >= 0.6 is 0 Å². The van der Waals surface area contributed by atoms with Gasteiger partial charge in [-0.1, -0.05) is 120 Å². The third-order valence-electron chi connectivity index (χ3n) is 15.2. The van der Waals surface area contributed by atoms with Crippen molar-refractivity contribution in [3.05, 3.63) is 119 Å². The van der Waals surface area contributed by atoms with Crippen LogP contribution in [0, 0.1) is 30.1 Å². The van der Waals surface area contributed by atoms with Crippen molar-refractivity contribution < 1.29 is 25.4 Å². The predicted octanol–water partition coefficient (Wildman–Crippen LogP) is 12.2. The van der Waals surface area contributed by atoms with Gasteiger partial charge in [0.2, 0.25) is 0 Å². The average Bonchev–Trinajstić information content (AvgIpc) is 3.69. The van der Waals surface area contributed by atoms with E-state index in [0.29, 0.717) is 52.6 Å². The third-order valence-corrected chi connectivity index (χ3v) is 21.5. The molecule has 352 valence electrons. The summed E-state index contributed by atoms with van der Waals surface area (Å²) >= 11 is 0. The van der Waals surface area contributed by atoms with Gasteiger partial charge in [0.15, 0.2) is 5.82 Å². The van der Waals surface area contributed by atoms with Crippen LogP contribution < -0.4 is 9.64 Å². The smallest absolute Gasteiger partial charge is 0.319 e. The molecule has 4 aromatic carbocycles. The van der Waals surface area contributed by atoms with Crippen LogP contribution in [0.4, 0.5) is 24.7 Å². The molecule has 12 heteroatoms. The number of aryl methyl sites for hydroxylation is 1. The zero-order chi connectivity index (χ0) is 49.3. The summed E-state index contributed by atoms with van der Waals surface area (Å²) in [6.07, 6.45) is 0.0872. The molecule has 10 rings (SSSR count). The molecule has 3 aliphatic heterocycles. The first kappa shape index (κ1) is 43.7. The molecule has 5 heterocycles. The molecule has 4 fully saturated rings. The van der Waals surface area contributed by atoms with Gasteiger partial charge in [0.05, 0.1) is 44.3 Å². The SMILES string of the molecule is [2H]C([2H])(Oc1nc(N2CCOC[C@H]3[C@H](F)[C@H]32)c2cnc(-c3cc(N=C(c4ccccc4)c4ccccc4)cc4ccc(C)c(C#C[Si](C(C)C)(C(C)C)C(C)C)c34)c(F)c2n1)[C@@]12CCCN1C[C@H](F)C2. The Morgan fingerprint density at radius 3 is 2.35 bits per heavy atom. The number of hydrogen-bond acceptors (Lipinski definition) is 8. The van der Waals surface area contributed by atoms with Crippen LogP contribution in [0.5, 0.6) is 6.01 Å². The number of pyridine rings is 1. The van der Waals surface area contributed by atoms with Crippen molar-refractivity contribution in [2.75, 3.05) is 44.3 Å². The Bertz CT molecular complexity index is 2990. The lowest BCUT2D eigenvalue weighted by molar-refractivity contribution is 0.107. The van der Waals surface area contributed by atoms with Crippen LogP contribution in [0.1, 0.15) is 85.8 Å². The first-order valence-corrected chi connectivity index (χ1v) is 26.5. The summed E-state index contributed by atoms with van der Waals surface area (Å²) in [5.41, 5.74) is 8.85. The molecule has 0 radical (unpaired) electrons. The Kier molecular flexibility index (Phi) is 11.8. The highest BCUT2D eigenvalue weighted by Crippen LogP contribution is 2.47. The van der Waals surface area contributed by atoms with E-state index in [0.717, 1.165) is 33.4 Å². The number of ether oxygens (including phenoxy) is 2. The number of halogens is 3. The van der Waals surface area contributed by atoms with Crippen molar-refractivity contribution in [3.8, 4) is 28.7 Å². The van der Waals surface area contributed by atoms with Crippen molar-refractivity contribution >= 4 is 47.0 Å². The normalized spacial score (nSPS) is 23.3. The summed E-state index contributed by atoms with van der Waals surface area (Å²) in [7, 11) is -2.25. The van der Waals surface area contributed by atoms with E-state index in [9.17, 15) is 2.74 Å². The number of aliphatic imine (C=N–C) groups is 1. The van der Waals surface area contributed by atoms with E-state index in [-0.39, 0.29) is 55.1 Å². The predicted molar refractivity (Wildman–Crippen MR) is 270 cm³/mol. The van der Waals surface area contributed by atoms with Crippen molar-refractivity contribution in [2.24, 2.45) is 10.9 Å². The lowest BCUT2D eigenvalue weighted by atomic mass is 9.93. The molecular formula is C56H61F3N6O2Si. The number of hydrogen-bond donors (Lipinski definition) is 0. The number of rotatable bonds is 11. The lowest BCUT2D eigenvalue weighted by Gasteiger charge is -2.38. The average molecular weight is 937 g/mol. The molecule has 2 aromatic heterocycles. The van der Waals surface area contributed by atoms with Gasteiger partial charge in [0.25, 0.3) is 0 Å². The van der Waals surface area contributed by atoms with Gasteiger partial charge in [-0.25, -0.2) is 18.2 Å². The maximum absolute atomic E-state index is 18.4. The van der Waals surface area contributed by atoms with Crippen molar-refractivity contribution in [1.29, 1.82) is 0 Å². The van der Waals surface area contributed by atoms with Crippen molar-refractivity contribution in [3.63, 3.8) is 0 Å². The molecule has 4 aliphatic rings. The van der Waals surface area contributed by atoms with Crippen LogP contribution in [0.15, 0.2) is 96.1 Å². The largest absolute Gasteiger partial charge is 0.461 e. The Morgan fingerprint density at radius 2 is 1.66 bits per heavy atom. The summed E-state index contributed by atoms with van der Waals surface area (Å²) in [4.78, 5) is 23.3. The standard InChI is InChI=1S/C56H61F3N6O2Si/c1-34(2)68(35(3)4,36(5)6)26-21-43-37(7)19-20-40-27-42(61-50(38-15-10-8-11-16-38)39-17-12-9-13-18-39)28-44(47(40)43)51-49(59)52-45(30-60-51)54(65-24-25-66-32-46-48(58)53(46)65)63-55(62-52)67-33-56-22-14-23-64(56)31-41(57)29-56/h8-13,15-20,27-28,30,34-36,41,46,48,53H,14,22-25,29,31-33H2,1-7H3/t41-,46+,48+,53+,56+/m1/s1/i33D2. The van der Waals surface area contributed by atoms with E-state index in [4.69, 9.17) is 24.4 Å². The Balaban J connectivity index is 1.23. The maximum atomic E-state index is 18.4. The molecule has 0 N–H and O–H groups in total. The number of benzene rings is 4. The monoisotopic (exact) mass is 936 g/mol. The van der Waals surface area contributed by atoms with Crippen LogP contribution in [0.3, 0.4) is 0 Å². The van der Waals surface area contributed by atoms with Crippen molar-refractivity contribution in [2.45, 2.75) is 108 Å². The number of alkyl halides is 2. The molecule has 5 atom stereocenters. The molecule has 0 amide bonds. The van der Waals surface area contributed by atoms with Gasteiger partial charge in [0.1, 0.15) is 44.0 Å². The van der Waals surface area contributed by atoms with Gasteiger partial charge < -0.3 is 14.4 Å². The minimum atomic E-state index is -2.46. The molecule has 3 saturated heterocycles. The Morgan fingerprint density at radius 1 is 0.956 bits per heavy atom. The van der Waals surface area contributed by atoms with E-state index < -0.39 is 56.3 Å². The van der Waals surface area contributed by atoms with Gasteiger partial charge in [-0.15, -0.1) is 5.54 Å². The van der Waals surface area contributed by atoms with E-state index >= 15 is 13.2 Å². The van der Waals surface area contributed by atoms with E-state index in [2.05, 4.69) is 64.1 Å². The first-order valence-electron chi connectivity index (χ1n) is 25.3. The maximum Gasteiger partial charge on any atom is 0.319 e. The molecule has 0 bridgehead atoms. The summed E-state index contributed by atoms with van der Waals surface area (Å²) in [6.45, 7) is 14.6. The molecule has 1 saturated carbocycles. The topological polar surface area (TPSA) is 76.0 Å². The van der Waals surface area contributed by atoms with Gasteiger partial charge in [0, 0.05) is 59.3 Å². The van der Waals surface area contributed by atoms with E-state index in [1.165, 1.54) is 6.20 Å². The summed E-state index contributed by atoms with van der Waals surface area (Å²) in [6, 6.07) is 26.8. The van der Waals surface area contributed by atoms with Crippen molar-refractivity contribution in [1.82, 2.24) is 19.9 Å². The summed E-state index contributed by atoms with van der Waals surface area (Å²) in [5, 5.41) is 1.72. The number of nitrogens with zero attached hydrogens (tertiary/aromatic N) is 6. The van der Waals surface area contributed by atoms with Crippen LogP contribution in [0.25, 0.3) is 32.9 Å².